The molecular formula is C21H17ClF2N2O5S. The SMILES string of the molecule is COc1cc(C(=O)NS(C)(=O)=O)c(F)cc1-c1cnc(Oc2ccc(F)c(C)c2)c(Cl)c1. The van der Waals surface area contributed by atoms with E-state index in [1.807, 2.05) is 0 Å². The Hall–Kier alpha value is -3.24. The fourth-order valence-electron chi connectivity index (χ4n) is 2.79. The van der Waals surface area contributed by atoms with Gasteiger partial charge in [-0.3, -0.25) is 4.79 Å². The molecule has 168 valence electrons. The minimum absolute atomic E-state index is 0.0463. The number of carbonyl (C=O) groups is 1. The van der Waals surface area contributed by atoms with Gasteiger partial charge in [-0.2, -0.15) is 0 Å². The van der Waals surface area contributed by atoms with Crippen molar-refractivity contribution in [3.05, 3.63) is 70.4 Å². The van der Waals surface area contributed by atoms with Gasteiger partial charge in [0.2, 0.25) is 15.9 Å². The highest BCUT2D eigenvalue weighted by Gasteiger charge is 2.20. The summed E-state index contributed by atoms with van der Waals surface area (Å²) >= 11 is 6.26. The van der Waals surface area contributed by atoms with Crippen molar-refractivity contribution in [1.29, 1.82) is 0 Å². The maximum atomic E-state index is 14.6. The molecule has 0 aliphatic carbocycles. The van der Waals surface area contributed by atoms with Gasteiger partial charge in [0.25, 0.3) is 5.91 Å². The molecule has 0 unspecified atom stereocenters. The molecule has 7 nitrogen and oxygen atoms in total. The van der Waals surface area contributed by atoms with E-state index in [-0.39, 0.29) is 28.0 Å². The van der Waals surface area contributed by atoms with Gasteiger partial charge in [-0.05, 0) is 48.9 Å². The third-order valence-electron chi connectivity index (χ3n) is 4.27. The van der Waals surface area contributed by atoms with Crippen LogP contribution in [0.1, 0.15) is 15.9 Å². The van der Waals surface area contributed by atoms with E-state index in [2.05, 4.69) is 4.98 Å². The summed E-state index contributed by atoms with van der Waals surface area (Å²) in [6.45, 7) is 1.58. The van der Waals surface area contributed by atoms with Crippen LogP contribution in [-0.2, 0) is 10.0 Å². The van der Waals surface area contributed by atoms with Crippen molar-refractivity contribution in [3.63, 3.8) is 0 Å². The fraction of sp³-hybridized carbons (Fsp3) is 0.143. The molecule has 0 bridgehead atoms. The smallest absolute Gasteiger partial charge is 0.267 e. The molecule has 32 heavy (non-hydrogen) atoms. The Kier molecular flexibility index (Phi) is 6.65. The van der Waals surface area contributed by atoms with Crippen LogP contribution in [0.3, 0.4) is 0 Å². The van der Waals surface area contributed by atoms with E-state index >= 15 is 0 Å². The summed E-state index contributed by atoms with van der Waals surface area (Å²) in [6, 6.07) is 7.70. The van der Waals surface area contributed by atoms with E-state index in [1.54, 1.807) is 11.6 Å². The minimum Gasteiger partial charge on any atom is -0.496 e. The third kappa shape index (κ3) is 5.32. The van der Waals surface area contributed by atoms with Crippen LogP contribution in [0.4, 0.5) is 8.78 Å². The second-order valence-electron chi connectivity index (χ2n) is 6.76. The number of aryl methyl sites for hydroxylation is 1. The van der Waals surface area contributed by atoms with Gasteiger partial charge in [-0.15, -0.1) is 0 Å². The molecule has 0 fully saturated rings. The predicted molar refractivity (Wildman–Crippen MR) is 115 cm³/mol. The molecule has 0 aliphatic heterocycles. The highest BCUT2D eigenvalue weighted by molar-refractivity contribution is 7.89. The van der Waals surface area contributed by atoms with Gasteiger partial charge >= 0.3 is 0 Å². The highest BCUT2D eigenvalue weighted by atomic mass is 35.5. The van der Waals surface area contributed by atoms with E-state index in [0.29, 0.717) is 16.9 Å². The first-order chi connectivity index (χ1) is 15.0. The number of sulfonamides is 1. The molecule has 1 heterocycles. The Bertz CT molecular complexity index is 1320. The number of hydrogen-bond donors (Lipinski definition) is 1. The minimum atomic E-state index is -3.88. The zero-order chi connectivity index (χ0) is 23.6. The van der Waals surface area contributed by atoms with Crippen LogP contribution < -0.4 is 14.2 Å². The molecular weight excluding hydrogens is 466 g/mol. The molecule has 0 aliphatic rings. The normalized spacial score (nSPS) is 11.2. The first-order valence-corrected chi connectivity index (χ1v) is 11.2. The van der Waals surface area contributed by atoms with E-state index in [9.17, 15) is 22.0 Å². The summed E-state index contributed by atoms with van der Waals surface area (Å²) < 4.78 is 63.1. The van der Waals surface area contributed by atoms with Gasteiger partial charge < -0.3 is 9.47 Å². The van der Waals surface area contributed by atoms with Gasteiger partial charge in [0.1, 0.15) is 28.2 Å². The number of halogens is 3. The molecule has 1 amide bonds. The van der Waals surface area contributed by atoms with Gasteiger partial charge in [0.15, 0.2) is 0 Å². The van der Waals surface area contributed by atoms with Crippen LogP contribution in [-0.4, -0.2) is 32.7 Å². The van der Waals surface area contributed by atoms with Crippen LogP contribution in [0, 0.1) is 18.6 Å². The first kappa shape index (κ1) is 23.4. The molecule has 11 heteroatoms. The van der Waals surface area contributed by atoms with Crippen LogP contribution in [0.5, 0.6) is 17.4 Å². The summed E-state index contributed by atoms with van der Waals surface area (Å²) in [4.78, 5) is 16.2. The number of nitrogens with one attached hydrogen (secondary N) is 1. The van der Waals surface area contributed by atoms with Crippen molar-refractivity contribution in [3.8, 4) is 28.5 Å². The van der Waals surface area contributed by atoms with Gasteiger partial charge in [-0.1, -0.05) is 11.6 Å². The first-order valence-electron chi connectivity index (χ1n) is 8.98. The number of methoxy groups -OCH3 is 1. The Morgan fingerprint density at radius 1 is 1.12 bits per heavy atom. The molecule has 0 spiro atoms. The molecule has 0 atom stereocenters. The molecule has 3 rings (SSSR count). The molecule has 3 aromatic rings. The number of benzene rings is 2. The van der Waals surface area contributed by atoms with Gasteiger partial charge in [0.05, 0.1) is 18.9 Å². The summed E-state index contributed by atoms with van der Waals surface area (Å²) in [5.41, 5.74) is 0.445. The summed E-state index contributed by atoms with van der Waals surface area (Å²) in [5, 5.41) is 0.0887. The number of aromatic nitrogens is 1. The second kappa shape index (κ2) is 9.09. The Balaban J connectivity index is 1.95. The standard InChI is InChI=1S/C21H17ClF2N2O5S/c1-11-6-13(4-5-17(11)23)31-21-16(22)7-12(10-25-21)14-8-18(24)15(9-19(14)30-2)20(27)26-32(3,28)29/h4-10H,1-3H3,(H,26,27). The number of ether oxygens (including phenoxy) is 2. The average Bonchev–Trinajstić information content (AvgIpc) is 2.70. The molecule has 1 N–H and O–H groups in total. The lowest BCUT2D eigenvalue weighted by molar-refractivity contribution is 0.0977. The topological polar surface area (TPSA) is 94.6 Å². The maximum absolute atomic E-state index is 14.6. The molecule has 0 saturated carbocycles. The molecule has 0 saturated heterocycles. The quantitative estimate of drug-likeness (QED) is 0.556. The zero-order valence-corrected chi connectivity index (χ0v) is 18.6. The van der Waals surface area contributed by atoms with Crippen LogP contribution in [0.2, 0.25) is 5.02 Å². The lowest BCUT2D eigenvalue weighted by Gasteiger charge is -2.13. The van der Waals surface area contributed by atoms with Crippen LogP contribution in [0.15, 0.2) is 42.6 Å². The van der Waals surface area contributed by atoms with E-state index in [0.717, 1.165) is 18.4 Å². The fourth-order valence-corrected chi connectivity index (χ4v) is 3.44. The molecule has 2 aromatic carbocycles. The van der Waals surface area contributed by atoms with Crippen molar-refractivity contribution in [2.75, 3.05) is 13.4 Å². The van der Waals surface area contributed by atoms with Crippen molar-refractivity contribution in [2.45, 2.75) is 6.92 Å². The van der Waals surface area contributed by atoms with Crippen molar-refractivity contribution < 1.29 is 31.5 Å². The van der Waals surface area contributed by atoms with E-state index in [4.69, 9.17) is 21.1 Å². The highest BCUT2D eigenvalue weighted by Crippen LogP contribution is 2.36. The number of carbonyl (C=O) groups excluding carboxylic acids is 1. The summed E-state index contributed by atoms with van der Waals surface area (Å²) in [7, 11) is -2.58. The Morgan fingerprint density at radius 3 is 2.44 bits per heavy atom. The Morgan fingerprint density at radius 2 is 1.84 bits per heavy atom. The van der Waals surface area contributed by atoms with Crippen molar-refractivity contribution in [2.24, 2.45) is 0 Å². The summed E-state index contributed by atoms with van der Waals surface area (Å²) in [6.07, 6.45) is 2.13. The van der Waals surface area contributed by atoms with Crippen LogP contribution >= 0.6 is 11.6 Å². The van der Waals surface area contributed by atoms with Gasteiger partial charge in [-0.25, -0.2) is 26.9 Å². The lowest BCUT2D eigenvalue weighted by atomic mass is 10.0. The number of pyridine rings is 1. The van der Waals surface area contributed by atoms with Gasteiger partial charge in [0, 0.05) is 17.3 Å². The van der Waals surface area contributed by atoms with Crippen molar-refractivity contribution >= 4 is 27.5 Å². The number of rotatable bonds is 6. The Labute approximate surface area is 188 Å². The second-order valence-corrected chi connectivity index (χ2v) is 8.92. The monoisotopic (exact) mass is 482 g/mol. The maximum Gasteiger partial charge on any atom is 0.267 e. The number of amides is 1. The van der Waals surface area contributed by atoms with Crippen LogP contribution in [0.25, 0.3) is 11.1 Å². The molecule has 0 radical (unpaired) electrons. The summed E-state index contributed by atoms with van der Waals surface area (Å²) in [5.74, 6) is -2.02. The third-order valence-corrected chi connectivity index (χ3v) is 5.10. The van der Waals surface area contributed by atoms with E-state index in [1.165, 1.54) is 37.6 Å². The average molecular weight is 483 g/mol. The van der Waals surface area contributed by atoms with E-state index < -0.39 is 27.3 Å². The van der Waals surface area contributed by atoms with Crippen molar-refractivity contribution in [1.82, 2.24) is 9.71 Å². The number of nitrogens with zero attached hydrogens (tertiary/aromatic N) is 1. The predicted octanol–water partition coefficient (Wildman–Crippen LogP) is 4.48. The number of hydrogen-bond acceptors (Lipinski definition) is 6. The molecule has 1 aromatic heterocycles. The lowest BCUT2D eigenvalue weighted by Crippen LogP contribution is -2.30. The zero-order valence-electron chi connectivity index (χ0n) is 17.1. The largest absolute Gasteiger partial charge is 0.496 e.